The molecule has 0 unspecified atom stereocenters. The van der Waals surface area contributed by atoms with Crippen molar-refractivity contribution in [1.82, 2.24) is 20.3 Å². The SMILES string of the molecule is C#Cc1c(F)ccc2cc(O)cc(-c3ncc4c(N5C[C@H]6CC[C@@H](C5)N6)nc(OCC56CCC(c7ccccc7)(CC5)CC6)nc4c3F)c12. The van der Waals surface area contributed by atoms with Crippen LogP contribution >= 0.6 is 0 Å². The Balaban J connectivity index is 1.11. The zero-order valence-electron chi connectivity index (χ0n) is 27.2. The first-order chi connectivity index (χ1) is 23.8. The van der Waals surface area contributed by atoms with Crippen LogP contribution in [0.5, 0.6) is 11.8 Å². The predicted molar refractivity (Wildman–Crippen MR) is 186 cm³/mol. The Morgan fingerprint density at radius 1 is 0.959 bits per heavy atom. The molecule has 2 saturated heterocycles. The van der Waals surface area contributed by atoms with Crippen molar-refractivity contribution < 1.29 is 18.6 Å². The van der Waals surface area contributed by atoms with Gasteiger partial charge in [0.15, 0.2) is 5.82 Å². The lowest BCUT2D eigenvalue weighted by Gasteiger charge is -2.53. The van der Waals surface area contributed by atoms with Gasteiger partial charge in [0, 0.05) is 47.7 Å². The monoisotopic (exact) mass is 657 g/mol. The molecule has 9 heteroatoms. The largest absolute Gasteiger partial charge is 0.508 e. The number of nitrogens with one attached hydrogen (secondary N) is 1. The molecule has 3 saturated carbocycles. The minimum Gasteiger partial charge on any atom is -0.508 e. The Morgan fingerprint density at radius 3 is 2.41 bits per heavy atom. The van der Waals surface area contributed by atoms with Gasteiger partial charge in [-0.1, -0.05) is 42.3 Å². The van der Waals surface area contributed by atoms with Crippen LogP contribution in [-0.4, -0.2) is 51.8 Å². The third-order valence-electron chi connectivity index (χ3n) is 11.9. The second-order valence-electron chi connectivity index (χ2n) is 14.6. The first-order valence-electron chi connectivity index (χ1n) is 17.3. The molecule has 2 N–H and O–H groups in total. The summed E-state index contributed by atoms with van der Waals surface area (Å²) in [6.45, 7) is 1.94. The Hall–Kier alpha value is -4.81. The molecule has 5 aromatic rings. The normalized spacial score (nSPS) is 25.9. The van der Waals surface area contributed by atoms with Crippen molar-refractivity contribution in [3.05, 3.63) is 83.6 Å². The zero-order chi connectivity index (χ0) is 33.3. The van der Waals surface area contributed by atoms with Crippen LogP contribution in [-0.2, 0) is 5.41 Å². The van der Waals surface area contributed by atoms with E-state index in [4.69, 9.17) is 16.1 Å². The van der Waals surface area contributed by atoms with Gasteiger partial charge >= 0.3 is 6.01 Å². The summed E-state index contributed by atoms with van der Waals surface area (Å²) in [4.78, 5) is 16.4. The Kier molecular flexibility index (Phi) is 7.03. The highest BCUT2D eigenvalue weighted by Crippen LogP contribution is 2.57. The van der Waals surface area contributed by atoms with Crippen LogP contribution in [0.25, 0.3) is 32.9 Å². The van der Waals surface area contributed by atoms with Crippen LogP contribution in [0.15, 0.2) is 60.8 Å². The van der Waals surface area contributed by atoms with E-state index in [1.165, 1.54) is 29.8 Å². The van der Waals surface area contributed by atoms with Gasteiger partial charge in [-0.05, 0) is 85.9 Å². The summed E-state index contributed by atoms with van der Waals surface area (Å²) >= 11 is 0. The number of aromatic hydroxyl groups is 1. The van der Waals surface area contributed by atoms with Gasteiger partial charge in [0.2, 0.25) is 0 Å². The third-order valence-corrected chi connectivity index (χ3v) is 11.9. The highest BCUT2D eigenvalue weighted by atomic mass is 19.1. The molecule has 2 aromatic heterocycles. The summed E-state index contributed by atoms with van der Waals surface area (Å²) in [6, 6.07) is 17.3. The molecule has 49 heavy (non-hydrogen) atoms. The van der Waals surface area contributed by atoms with E-state index in [0.29, 0.717) is 40.7 Å². The molecule has 5 aliphatic rings. The maximum atomic E-state index is 16.9. The van der Waals surface area contributed by atoms with Crippen molar-refractivity contribution in [3.63, 3.8) is 0 Å². The predicted octanol–water partition coefficient (Wildman–Crippen LogP) is 7.42. The molecule has 4 bridgehead atoms. The summed E-state index contributed by atoms with van der Waals surface area (Å²) in [5, 5.41) is 15.5. The number of pyridine rings is 1. The number of piperazine rings is 1. The number of rotatable bonds is 6. The summed E-state index contributed by atoms with van der Waals surface area (Å²) in [5.74, 6) is 1.58. The Labute approximate surface area is 283 Å². The van der Waals surface area contributed by atoms with Crippen LogP contribution in [0.3, 0.4) is 0 Å². The average molecular weight is 658 g/mol. The standard InChI is InChI=1S/C40H37F2N5O2/c1-2-29-32(41)11-8-24-18-28(48)19-30(33(24)29)35-34(42)36-31(20-43-35)37(47-21-26-9-10-27(22-47)44-26)46-38(45-36)49-23-39-12-15-40(16-13-39,17-14-39)25-6-4-3-5-7-25/h1,3-8,11,18-20,26-27,44,48H,9-10,12-17,21-23H2/t26-,27+,39?,40?. The lowest BCUT2D eigenvalue weighted by molar-refractivity contribution is -0.00109. The molecule has 3 aromatic carbocycles. The summed E-state index contributed by atoms with van der Waals surface area (Å²) in [5.41, 5.74) is 1.86. The fraction of sp³-hybridized carbons (Fsp3) is 0.375. The van der Waals surface area contributed by atoms with Crippen molar-refractivity contribution in [2.75, 3.05) is 24.6 Å². The van der Waals surface area contributed by atoms with Crippen LogP contribution in [0.2, 0.25) is 0 Å². The van der Waals surface area contributed by atoms with Gasteiger partial charge in [-0.2, -0.15) is 9.97 Å². The number of hydrogen-bond donors (Lipinski definition) is 2. The summed E-state index contributed by atoms with van der Waals surface area (Å²) in [7, 11) is 0. The highest BCUT2D eigenvalue weighted by Gasteiger charge is 2.49. The molecule has 10 rings (SSSR count). The van der Waals surface area contributed by atoms with E-state index in [1.54, 1.807) is 6.20 Å². The number of ether oxygens (including phenoxy) is 1. The number of nitrogens with zero attached hydrogens (tertiary/aromatic N) is 4. The van der Waals surface area contributed by atoms with Crippen LogP contribution in [0.1, 0.15) is 62.5 Å². The van der Waals surface area contributed by atoms with Crippen molar-refractivity contribution in [1.29, 1.82) is 0 Å². The fourth-order valence-electron chi connectivity index (χ4n) is 9.16. The second-order valence-corrected chi connectivity index (χ2v) is 14.6. The minimum atomic E-state index is -0.704. The second kappa shape index (κ2) is 11.4. The number of halogens is 2. The van der Waals surface area contributed by atoms with E-state index in [9.17, 15) is 9.50 Å². The minimum absolute atomic E-state index is 0.0204. The Bertz CT molecular complexity index is 2130. The summed E-state index contributed by atoms with van der Waals surface area (Å²) < 4.78 is 38.3. The smallest absolute Gasteiger partial charge is 0.319 e. The van der Waals surface area contributed by atoms with E-state index in [-0.39, 0.29) is 44.9 Å². The van der Waals surface area contributed by atoms with Gasteiger partial charge in [-0.15, -0.1) is 6.42 Å². The molecule has 4 heterocycles. The molecule has 2 aliphatic heterocycles. The van der Waals surface area contributed by atoms with Crippen molar-refractivity contribution in [2.45, 2.75) is 68.9 Å². The highest BCUT2D eigenvalue weighted by molar-refractivity contribution is 6.03. The van der Waals surface area contributed by atoms with Crippen LogP contribution in [0, 0.1) is 29.4 Å². The van der Waals surface area contributed by atoms with Gasteiger partial charge in [-0.3, -0.25) is 4.98 Å². The number of aromatic nitrogens is 3. The molecule has 7 nitrogen and oxygen atoms in total. The zero-order valence-corrected chi connectivity index (χ0v) is 27.2. The number of hydrogen-bond acceptors (Lipinski definition) is 7. The lowest BCUT2D eigenvalue weighted by atomic mass is 9.52. The molecule has 5 fully saturated rings. The quantitative estimate of drug-likeness (QED) is 0.184. The molecule has 248 valence electrons. The van der Waals surface area contributed by atoms with Crippen molar-refractivity contribution in [2.24, 2.45) is 5.41 Å². The summed E-state index contributed by atoms with van der Waals surface area (Å²) in [6.07, 6.45) is 16.0. The van der Waals surface area contributed by atoms with Crippen molar-refractivity contribution >= 4 is 27.5 Å². The van der Waals surface area contributed by atoms with Gasteiger partial charge in [0.1, 0.15) is 28.6 Å². The van der Waals surface area contributed by atoms with Gasteiger partial charge in [0.05, 0.1) is 17.6 Å². The number of phenols is 1. The maximum absolute atomic E-state index is 16.9. The fourth-order valence-corrected chi connectivity index (χ4v) is 9.16. The molecule has 0 spiro atoms. The molecular weight excluding hydrogens is 620 g/mol. The van der Waals surface area contributed by atoms with E-state index in [0.717, 1.165) is 64.5 Å². The Morgan fingerprint density at radius 2 is 1.69 bits per heavy atom. The number of benzene rings is 3. The van der Waals surface area contributed by atoms with E-state index in [1.807, 2.05) is 0 Å². The van der Waals surface area contributed by atoms with Gasteiger partial charge in [-0.25, -0.2) is 8.78 Å². The first kappa shape index (κ1) is 30.3. The van der Waals surface area contributed by atoms with Gasteiger partial charge < -0.3 is 20.1 Å². The van der Waals surface area contributed by atoms with Crippen LogP contribution in [0.4, 0.5) is 14.6 Å². The lowest BCUT2D eigenvalue weighted by Crippen LogP contribution is -2.51. The average Bonchev–Trinajstić information content (AvgIpc) is 3.48. The molecule has 2 atom stereocenters. The maximum Gasteiger partial charge on any atom is 0.319 e. The molecule has 0 radical (unpaired) electrons. The molecule has 3 aliphatic carbocycles. The molecular formula is C40H37F2N5O2. The van der Waals surface area contributed by atoms with Crippen LogP contribution < -0.4 is 15.0 Å². The van der Waals surface area contributed by atoms with E-state index in [2.05, 4.69) is 56.4 Å². The number of anilines is 1. The van der Waals surface area contributed by atoms with Gasteiger partial charge in [0.25, 0.3) is 0 Å². The third kappa shape index (κ3) is 4.99. The number of terminal acetylenes is 1. The van der Waals surface area contributed by atoms with Crippen molar-refractivity contribution in [3.8, 4) is 35.4 Å². The molecule has 0 amide bonds. The van der Waals surface area contributed by atoms with E-state index >= 15 is 4.39 Å². The van der Waals surface area contributed by atoms with E-state index < -0.39 is 11.6 Å². The number of fused-ring (bicyclic) bond motifs is 7. The first-order valence-corrected chi connectivity index (χ1v) is 17.3. The topological polar surface area (TPSA) is 83.4 Å². The number of phenolic OH excluding ortho intramolecular Hbond substituents is 1.